The summed E-state index contributed by atoms with van der Waals surface area (Å²) in [5.41, 5.74) is 2.33. The maximum Gasteiger partial charge on any atom is 0.274 e. The Kier molecular flexibility index (Phi) is 3.84. The molecule has 0 spiro atoms. The zero-order chi connectivity index (χ0) is 15.5. The number of nitrogens with one attached hydrogen (secondary N) is 1. The van der Waals surface area contributed by atoms with Gasteiger partial charge in [0.2, 0.25) is 0 Å². The molecule has 0 atom stereocenters. The number of aliphatic hydroxyl groups excluding tert-OH is 1. The highest BCUT2D eigenvalue weighted by molar-refractivity contribution is 5.93. The fourth-order valence-electron chi connectivity index (χ4n) is 2.24. The normalized spacial score (nSPS) is 10.8. The van der Waals surface area contributed by atoms with Gasteiger partial charge in [-0.1, -0.05) is 23.4 Å². The highest BCUT2D eigenvalue weighted by Gasteiger charge is 2.18. The molecule has 0 aliphatic rings. The molecule has 0 aliphatic carbocycles. The van der Waals surface area contributed by atoms with Crippen molar-refractivity contribution >= 4 is 16.8 Å². The summed E-state index contributed by atoms with van der Waals surface area (Å²) in [6, 6.07) is 9.75. The molecule has 6 heteroatoms. The van der Waals surface area contributed by atoms with Crippen molar-refractivity contribution in [3.8, 4) is 0 Å². The van der Waals surface area contributed by atoms with E-state index in [1.807, 2.05) is 30.3 Å². The van der Waals surface area contributed by atoms with Crippen LogP contribution in [0.1, 0.15) is 27.4 Å². The number of amides is 1. The van der Waals surface area contributed by atoms with E-state index in [0.29, 0.717) is 17.9 Å². The summed E-state index contributed by atoms with van der Waals surface area (Å²) in [6.45, 7) is 1.70. The molecular weight excluding hydrogens is 282 g/mol. The van der Waals surface area contributed by atoms with Crippen LogP contribution in [0.2, 0.25) is 0 Å². The van der Waals surface area contributed by atoms with Crippen LogP contribution in [0.25, 0.3) is 10.9 Å². The molecule has 1 amide bonds. The Morgan fingerprint density at radius 2 is 2.18 bits per heavy atom. The molecule has 0 bridgehead atoms. The van der Waals surface area contributed by atoms with Crippen LogP contribution in [0.5, 0.6) is 0 Å². The molecule has 0 saturated heterocycles. The SMILES string of the molecule is Cc1onc(C(=O)NCc2cnc3ccccc3c2)c1CO. The summed E-state index contributed by atoms with van der Waals surface area (Å²) in [5.74, 6) is 0.0640. The van der Waals surface area contributed by atoms with Gasteiger partial charge in [0.25, 0.3) is 5.91 Å². The lowest BCUT2D eigenvalue weighted by molar-refractivity contribution is 0.0939. The van der Waals surface area contributed by atoms with Crippen molar-refractivity contribution in [3.05, 3.63) is 59.1 Å². The third-order valence-electron chi connectivity index (χ3n) is 3.46. The van der Waals surface area contributed by atoms with Gasteiger partial charge in [-0.2, -0.15) is 0 Å². The molecule has 0 saturated carbocycles. The molecule has 3 aromatic rings. The second-order valence-corrected chi connectivity index (χ2v) is 4.94. The first-order chi connectivity index (χ1) is 10.7. The molecule has 22 heavy (non-hydrogen) atoms. The van der Waals surface area contributed by atoms with Crippen LogP contribution in [0.15, 0.2) is 41.1 Å². The lowest BCUT2D eigenvalue weighted by Crippen LogP contribution is -2.24. The second kappa shape index (κ2) is 5.95. The van der Waals surface area contributed by atoms with Crippen LogP contribution >= 0.6 is 0 Å². The Labute approximate surface area is 126 Å². The van der Waals surface area contributed by atoms with Crippen LogP contribution in [-0.2, 0) is 13.2 Å². The molecule has 0 fully saturated rings. The van der Waals surface area contributed by atoms with Crippen molar-refractivity contribution in [3.63, 3.8) is 0 Å². The Hall–Kier alpha value is -2.73. The third kappa shape index (κ3) is 2.68. The number of carbonyl (C=O) groups is 1. The number of rotatable bonds is 4. The Balaban J connectivity index is 1.74. The summed E-state index contributed by atoms with van der Waals surface area (Å²) < 4.78 is 4.93. The third-order valence-corrected chi connectivity index (χ3v) is 3.46. The van der Waals surface area contributed by atoms with Crippen molar-refractivity contribution in [2.45, 2.75) is 20.1 Å². The number of nitrogens with zero attached hydrogens (tertiary/aromatic N) is 2. The first kappa shape index (κ1) is 14.2. The predicted molar refractivity (Wildman–Crippen MR) is 80.1 cm³/mol. The zero-order valence-electron chi connectivity index (χ0n) is 12.0. The smallest absolute Gasteiger partial charge is 0.274 e. The predicted octanol–water partition coefficient (Wildman–Crippen LogP) is 1.95. The molecular formula is C16H15N3O3. The molecule has 0 radical (unpaired) electrons. The largest absolute Gasteiger partial charge is 0.391 e. The number of benzene rings is 1. The topological polar surface area (TPSA) is 88.3 Å². The molecule has 3 rings (SSSR count). The maximum atomic E-state index is 12.1. The van der Waals surface area contributed by atoms with E-state index in [2.05, 4.69) is 15.5 Å². The van der Waals surface area contributed by atoms with Crippen LogP contribution in [0.3, 0.4) is 0 Å². The maximum absolute atomic E-state index is 12.1. The number of aryl methyl sites for hydroxylation is 1. The van der Waals surface area contributed by atoms with Crippen LogP contribution < -0.4 is 5.32 Å². The summed E-state index contributed by atoms with van der Waals surface area (Å²) in [6.07, 6.45) is 1.73. The quantitative estimate of drug-likeness (QED) is 0.768. The van der Waals surface area contributed by atoms with Gasteiger partial charge in [-0.25, -0.2) is 0 Å². The number of hydrogen-bond acceptors (Lipinski definition) is 5. The zero-order valence-corrected chi connectivity index (χ0v) is 12.0. The lowest BCUT2D eigenvalue weighted by atomic mass is 10.1. The van der Waals surface area contributed by atoms with Crippen LogP contribution in [0.4, 0.5) is 0 Å². The Bertz CT molecular complexity index is 826. The van der Waals surface area contributed by atoms with E-state index >= 15 is 0 Å². The van der Waals surface area contributed by atoms with Crippen LogP contribution in [-0.4, -0.2) is 21.2 Å². The average molecular weight is 297 g/mol. The Morgan fingerprint density at radius 1 is 1.36 bits per heavy atom. The van der Waals surface area contributed by atoms with Gasteiger partial charge in [0.05, 0.1) is 17.7 Å². The van der Waals surface area contributed by atoms with E-state index in [-0.39, 0.29) is 18.2 Å². The minimum atomic E-state index is -0.381. The standard InChI is InChI=1S/C16H15N3O3/c1-10-13(9-20)15(19-22-10)16(21)18-8-11-6-12-4-2-3-5-14(12)17-7-11/h2-7,20H,8-9H2,1H3,(H,18,21). The summed E-state index contributed by atoms with van der Waals surface area (Å²) >= 11 is 0. The fourth-order valence-corrected chi connectivity index (χ4v) is 2.24. The van der Waals surface area contributed by atoms with Gasteiger partial charge < -0.3 is 14.9 Å². The number of aliphatic hydroxyl groups is 1. The molecule has 112 valence electrons. The van der Waals surface area contributed by atoms with Gasteiger partial charge >= 0.3 is 0 Å². The van der Waals surface area contributed by atoms with Crippen molar-refractivity contribution < 1.29 is 14.4 Å². The highest BCUT2D eigenvalue weighted by Crippen LogP contribution is 2.14. The van der Waals surface area contributed by atoms with Gasteiger partial charge in [-0.15, -0.1) is 0 Å². The number of carbonyl (C=O) groups excluding carboxylic acids is 1. The van der Waals surface area contributed by atoms with Gasteiger partial charge in [-0.3, -0.25) is 9.78 Å². The molecule has 2 N–H and O–H groups in total. The van der Waals surface area contributed by atoms with Crippen molar-refractivity contribution in [1.29, 1.82) is 0 Å². The number of pyridine rings is 1. The average Bonchev–Trinajstić information content (AvgIpc) is 2.93. The monoisotopic (exact) mass is 297 g/mol. The second-order valence-electron chi connectivity index (χ2n) is 4.94. The first-order valence-corrected chi connectivity index (χ1v) is 6.87. The summed E-state index contributed by atoms with van der Waals surface area (Å²) in [5, 5.41) is 16.7. The number of aromatic nitrogens is 2. The number of para-hydroxylation sites is 1. The minimum Gasteiger partial charge on any atom is -0.391 e. The van der Waals surface area contributed by atoms with E-state index in [4.69, 9.17) is 4.52 Å². The van der Waals surface area contributed by atoms with E-state index < -0.39 is 0 Å². The first-order valence-electron chi connectivity index (χ1n) is 6.87. The van der Waals surface area contributed by atoms with Crippen molar-refractivity contribution in [2.75, 3.05) is 0 Å². The van der Waals surface area contributed by atoms with Crippen LogP contribution in [0, 0.1) is 6.92 Å². The van der Waals surface area contributed by atoms with Gasteiger partial charge in [0.15, 0.2) is 5.69 Å². The number of fused-ring (bicyclic) bond motifs is 1. The molecule has 6 nitrogen and oxygen atoms in total. The van der Waals surface area contributed by atoms with E-state index in [9.17, 15) is 9.90 Å². The van der Waals surface area contributed by atoms with E-state index in [1.165, 1.54) is 0 Å². The molecule has 1 aromatic carbocycles. The summed E-state index contributed by atoms with van der Waals surface area (Å²) in [4.78, 5) is 16.5. The van der Waals surface area contributed by atoms with Crippen molar-refractivity contribution in [1.82, 2.24) is 15.5 Å². The van der Waals surface area contributed by atoms with Gasteiger partial charge in [0, 0.05) is 18.1 Å². The molecule has 0 aliphatic heterocycles. The molecule has 2 heterocycles. The summed E-state index contributed by atoms with van der Waals surface area (Å²) in [7, 11) is 0. The highest BCUT2D eigenvalue weighted by atomic mass is 16.5. The minimum absolute atomic E-state index is 0.119. The molecule has 0 unspecified atom stereocenters. The number of hydrogen-bond donors (Lipinski definition) is 2. The van der Waals surface area contributed by atoms with Crippen molar-refractivity contribution in [2.24, 2.45) is 0 Å². The van der Waals surface area contributed by atoms with E-state index in [1.54, 1.807) is 13.1 Å². The lowest BCUT2D eigenvalue weighted by Gasteiger charge is -2.05. The fraction of sp³-hybridized carbons (Fsp3) is 0.188. The Morgan fingerprint density at radius 3 is 3.00 bits per heavy atom. The van der Waals surface area contributed by atoms with Gasteiger partial charge in [0.1, 0.15) is 5.76 Å². The van der Waals surface area contributed by atoms with E-state index in [0.717, 1.165) is 16.5 Å². The van der Waals surface area contributed by atoms with Gasteiger partial charge in [-0.05, 0) is 24.6 Å². The molecule has 2 aromatic heterocycles.